The molecule has 1 aromatic carbocycles. The SMILES string of the molecule is CCCOC(=O)CCC(=O)NC(=S)Nc1ccccc1C(=O)NCC1CCCO1. The van der Waals surface area contributed by atoms with E-state index in [1.807, 2.05) is 6.92 Å². The largest absolute Gasteiger partial charge is 0.466 e. The monoisotopic (exact) mass is 421 g/mol. The molecule has 3 N–H and O–H groups in total. The molecule has 1 aromatic rings. The molecule has 1 saturated heterocycles. The molecule has 8 nitrogen and oxygen atoms in total. The second kappa shape index (κ2) is 12.1. The summed E-state index contributed by atoms with van der Waals surface area (Å²) in [5, 5.41) is 8.28. The molecule has 0 aliphatic carbocycles. The first kappa shape index (κ1) is 22.8. The van der Waals surface area contributed by atoms with Gasteiger partial charge in [0.05, 0.1) is 30.4 Å². The number of rotatable bonds is 9. The van der Waals surface area contributed by atoms with E-state index in [9.17, 15) is 14.4 Å². The summed E-state index contributed by atoms with van der Waals surface area (Å²) in [5.74, 6) is -1.08. The maximum Gasteiger partial charge on any atom is 0.306 e. The van der Waals surface area contributed by atoms with Crippen molar-refractivity contribution in [3.05, 3.63) is 29.8 Å². The molecule has 0 bridgehead atoms. The zero-order chi connectivity index (χ0) is 21.1. The Labute approximate surface area is 175 Å². The number of carbonyl (C=O) groups is 3. The Bertz CT molecular complexity index is 735. The number of esters is 1. The second-order valence-corrected chi connectivity index (χ2v) is 7.02. The van der Waals surface area contributed by atoms with Crippen LogP contribution in [-0.2, 0) is 19.1 Å². The van der Waals surface area contributed by atoms with Gasteiger partial charge in [0.15, 0.2) is 5.11 Å². The lowest BCUT2D eigenvalue weighted by Crippen LogP contribution is -2.36. The van der Waals surface area contributed by atoms with Gasteiger partial charge in [0.1, 0.15) is 0 Å². The predicted octanol–water partition coefficient (Wildman–Crippen LogP) is 2.14. The number of thiocarbonyl (C=S) groups is 1. The van der Waals surface area contributed by atoms with Crippen molar-refractivity contribution in [2.24, 2.45) is 0 Å². The molecule has 0 radical (unpaired) electrons. The van der Waals surface area contributed by atoms with Gasteiger partial charge in [-0.15, -0.1) is 0 Å². The summed E-state index contributed by atoms with van der Waals surface area (Å²) in [5.41, 5.74) is 0.884. The molecule has 0 saturated carbocycles. The number of ether oxygens (including phenoxy) is 2. The number of para-hydroxylation sites is 1. The molecule has 2 rings (SSSR count). The van der Waals surface area contributed by atoms with E-state index in [0.29, 0.717) is 24.4 Å². The molecule has 2 amide bonds. The van der Waals surface area contributed by atoms with Crippen LogP contribution in [0.5, 0.6) is 0 Å². The van der Waals surface area contributed by atoms with Crippen LogP contribution >= 0.6 is 12.2 Å². The van der Waals surface area contributed by atoms with Gasteiger partial charge in [-0.3, -0.25) is 14.4 Å². The van der Waals surface area contributed by atoms with Crippen LogP contribution in [0.4, 0.5) is 5.69 Å². The van der Waals surface area contributed by atoms with Crippen molar-refractivity contribution >= 4 is 40.8 Å². The minimum Gasteiger partial charge on any atom is -0.466 e. The Morgan fingerprint density at radius 3 is 2.76 bits per heavy atom. The van der Waals surface area contributed by atoms with Crippen molar-refractivity contribution in [1.82, 2.24) is 10.6 Å². The summed E-state index contributed by atoms with van der Waals surface area (Å²) in [6, 6.07) is 6.87. The second-order valence-electron chi connectivity index (χ2n) is 6.61. The minimum atomic E-state index is -0.422. The molecule has 9 heteroatoms. The highest BCUT2D eigenvalue weighted by Gasteiger charge is 2.18. The van der Waals surface area contributed by atoms with Gasteiger partial charge in [-0.25, -0.2) is 0 Å². The van der Waals surface area contributed by atoms with Crippen LogP contribution in [0.25, 0.3) is 0 Å². The van der Waals surface area contributed by atoms with Crippen molar-refractivity contribution in [2.75, 3.05) is 25.1 Å². The fourth-order valence-corrected chi connectivity index (χ4v) is 2.97. The van der Waals surface area contributed by atoms with Crippen LogP contribution in [0.2, 0.25) is 0 Å². The van der Waals surface area contributed by atoms with E-state index < -0.39 is 11.9 Å². The van der Waals surface area contributed by atoms with Gasteiger partial charge in [0.2, 0.25) is 5.91 Å². The zero-order valence-electron chi connectivity index (χ0n) is 16.5. The molecule has 1 atom stereocenters. The fraction of sp³-hybridized carbons (Fsp3) is 0.500. The van der Waals surface area contributed by atoms with Gasteiger partial charge in [-0.05, 0) is 43.6 Å². The van der Waals surface area contributed by atoms with Crippen molar-refractivity contribution in [3.8, 4) is 0 Å². The summed E-state index contributed by atoms with van der Waals surface area (Å²) in [6.45, 7) is 3.41. The number of nitrogens with one attached hydrogen (secondary N) is 3. The van der Waals surface area contributed by atoms with E-state index in [1.165, 1.54) is 0 Å². The minimum absolute atomic E-state index is 0.0172. The summed E-state index contributed by atoms with van der Waals surface area (Å²) >= 11 is 5.15. The van der Waals surface area contributed by atoms with Gasteiger partial charge in [-0.1, -0.05) is 19.1 Å². The average molecular weight is 422 g/mol. The van der Waals surface area contributed by atoms with Crippen LogP contribution in [0.1, 0.15) is 49.4 Å². The van der Waals surface area contributed by atoms with Crippen LogP contribution in [0, 0.1) is 0 Å². The highest BCUT2D eigenvalue weighted by Crippen LogP contribution is 2.16. The standard InChI is InChI=1S/C20H27N3O5S/c1-2-11-28-18(25)10-9-17(24)23-20(29)22-16-8-4-3-7-15(16)19(26)21-13-14-6-5-12-27-14/h3-4,7-8,14H,2,5-6,9-13H2,1H3,(H,21,26)(H2,22,23,24,29). The number of benzene rings is 1. The average Bonchev–Trinajstić information content (AvgIpc) is 3.23. The third kappa shape index (κ3) is 8.16. The van der Waals surface area contributed by atoms with Crippen molar-refractivity contribution in [2.45, 2.75) is 45.1 Å². The smallest absolute Gasteiger partial charge is 0.306 e. The topological polar surface area (TPSA) is 106 Å². The number of anilines is 1. The Balaban J connectivity index is 1.82. The highest BCUT2D eigenvalue weighted by atomic mass is 32.1. The molecule has 1 heterocycles. The first-order valence-electron chi connectivity index (χ1n) is 9.75. The molecular weight excluding hydrogens is 394 g/mol. The van der Waals surface area contributed by atoms with E-state index >= 15 is 0 Å². The quantitative estimate of drug-likeness (QED) is 0.414. The first-order valence-corrected chi connectivity index (χ1v) is 10.2. The van der Waals surface area contributed by atoms with E-state index in [2.05, 4.69) is 16.0 Å². The summed E-state index contributed by atoms with van der Waals surface area (Å²) in [7, 11) is 0. The van der Waals surface area contributed by atoms with Gasteiger partial charge in [0.25, 0.3) is 5.91 Å². The summed E-state index contributed by atoms with van der Waals surface area (Å²) in [6.07, 6.45) is 2.66. The number of carbonyl (C=O) groups excluding carboxylic acids is 3. The van der Waals surface area contributed by atoms with E-state index in [1.54, 1.807) is 24.3 Å². The maximum absolute atomic E-state index is 12.5. The van der Waals surface area contributed by atoms with Gasteiger partial charge in [0, 0.05) is 19.6 Å². The molecule has 0 aromatic heterocycles. The first-order chi connectivity index (χ1) is 14.0. The summed E-state index contributed by atoms with van der Waals surface area (Å²) in [4.78, 5) is 35.9. The molecule has 1 fully saturated rings. The van der Waals surface area contributed by atoms with Gasteiger partial charge in [-0.2, -0.15) is 0 Å². The van der Waals surface area contributed by atoms with Gasteiger partial charge >= 0.3 is 5.97 Å². The lowest BCUT2D eigenvalue weighted by atomic mass is 10.1. The lowest BCUT2D eigenvalue weighted by molar-refractivity contribution is -0.144. The third-order valence-corrected chi connectivity index (χ3v) is 4.41. The van der Waals surface area contributed by atoms with Crippen molar-refractivity contribution < 1.29 is 23.9 Å². The molecule has 0 spiro atoms. The molecule has 29 heavy (non-hydrogen) atoms. The van der Waals surface area contributed by atoms with E-state index in [0.717, 1.165) is 25.9 Å². The predicted molar refractivity (Wildman–Crippen MR) is 113 cm³/mol. The molecule has 1 aliphatic rings. The van der Waals surface area contributed by atoms with E-state index in [-0.39, 0.29) is 30.0 Å². The number of amides is 2. The Morgan fingerprint density at radius 2 is 2.03 bits per heavy atom. The Morgan fingerprint density at radius 1 is 1.24 bits per heavy atom. The molecule has 158 valence electrons. The lowest BCUT2D eigenvalue weighted by Gasteiger charge is -2.15. The normalized spacial score (nSPS) is 15.4. The molecule has 1 unspecified atom stereocenters. The van der Waals surface area contributed by atoms with Crippen LogP contribution < -0.4 is 16.0 Å². The Kier molecular flexibility index (Phi) is 9.52. The third-order valence-electron chi connectivity index (χ3n) is 4.21. The number of hydrogen-bond donors (Lipinski definition) is 3. The highest BCUT2D eigenvalue weighted by molar-refractivity contribution is 7.80. The van der Waals surface area contributed by atoms with Crippen molar-refractivity contribution in [1.29, 1.82) is 0 Å². The van der Waals surface area contributed by atoms with E-state index in [4.69, 9.17) is 21.7 Å². The van der Waals surface area contributed by atoms with Crippen molar-refractivity contribution in [3.63, 3.8) is 0 Å². The zero-order valence-corrected chi connectivity index (χ0v) is 17.3. The summed E-state index contributed by atoms with van der Waals surface area (Å²) < 4.78 is 10.4. The van der Waals surface area contributed by atoms with Crippen LogP contribution in [0.15, 0.2) is 24.3 Å². The van der Waals surface area contributed by atoms with Crippen LogP contribution in [0.3, 0.4) is 0 Å². The molecule has 1 aliphatic heterocycles. The van der Waals surface area contributed by atoms with Gasteiger partial charge < -0.3 is 25.4 Å². The maximum atomic E-state index is 12.5. The Hall–Kier alpha value is -2.52. The number of hydrogen-bond acceptors (Lipinski definition) is 6. The van der Waals surface area contributed by atoms with Crippen LogP contribution in [-0.4, -0.2) is 48.8 Å². The molecular formula is C20H27N3O5S. The fourth-order valence-electron chi connectivity index (χ4n) is 2.74.